The molecule has 4 aromatic rings. The fourth-order valence-electron chi connectivity index (χ4n) is 3.34. The Morgan fingerprint density at radius 1 is 1.00 bits per heavy atom. The summed E-state index contributed by atoms with van der Waals surface area (Å²) in [6.45, 7) is 6.49. The van der Waals surface area contributed by atoms with Crippen molar-refractivity contribution in [3.8, 4) is 22.0 Å². The topological polar surface area (TPSA) is 102 Å². The van der Waals surface area contributed by atoms with Gasteiger partial charge in [0.2, 0.25) is 5.91 Å². The van der Waals surface area contributed by atoms with Crippen LogP contribution in [0.1, 0.15) is 27.9 Å². The van der Waals surface area contributed by atoms with Crippen LogP contribution in [0.4, 0.5) is 0 Å². The number of carbonyl (C=O) groups is 2. The molecule has 0 unspecified atom stereocenters. The van der Waals surface area contributed by atoms with Crippen LogP contribution in [-0.4, -0.2) is 37.3 Å². The van der Waals surface area contributed by atoms with Crippen molar-refractivity contribution in [1.82, 2.24) is 30.6 Å². The Labute approximate surface area is 205 Å². The van der Waals surface area contributed by atoms with E-state index in [1.165, 1.54) is 23.1 Å². The summed E-state index contributed by atoms with van der Waals surface area (Å²) < 4.78 is 1.97. The smallest absolute Gasteiger partial charge is 0.281 e. The molecule has 0 bridgehead atoms. The van der Waals surface area contributed by atoms with Crippen LogP contribution >= 0.6 is 23.1 Å². The third kappa shape index (κ3) is 5.35. The number of hydrazine groups is 1. The maximum atomic E-state index is 12.6. The van der Waals surface area contributed by atoms with Crippen LogP contribution in [0.5, 0.6) is 0 Å². The van der Waals surface area contributed by atoms with Gasteiger partial charge in [0.05, 0.1) is 11.4 Å². The number of thioether (sulfide) groups is 1. The lowest BCUT2D eigenvalue weighted by atomic mass is 10.1. The molecule has 0 saturated carbocycles. The highest BCUT2D eigenvalue weighted by atomic mass is 32.2. The van der Waals surface area contributed by atoms with E-state index < -0.39 is 5.91 Å². The minimum atomic E-state index is -0.394. The fraction of sp³-hybridized carbons (Fsp3) is 0.208. The Bertz CT molecular complexity index is 1320. The second kappa shape index (κ2) is 10.6. The molecule has 10 heteroatoms. The first-order chi connectivity index (χ1) is 16.5. The van der Waals surface area contributed by atoms with Crippen molar-refractivity contribution in [2.75, 3.05) is 5.75 Å². The first-order valence-electron chi connectivity index (χ1n) is 10.7. The van der Waals surface area contributed by atoms with Crippen molar-refractivity contribution in [2.45, 2.75) is 32.5 Å². The Hall–Kier alpha value is -3.50. The van der Waals surface area contributed by atoms with Gasteiger partial charge in [0.1, 0.15) is 9.88 Å². The minimum absolute atomic E-state index is 0.0865. The number of aryl methyl sites for hydroxylation is 2. The average molecular weight is 493 g/mol. The monoisotopic (exact) mass is 492 g/mol. The molecule has 8 nitrogen and oxygen atoms in total. The van der Waals surface area contributed by atoms with Gasteiger partial charge in [0.15, 0.2) is 11.0 Å². The number of nitrogens with zero attached hydrogens (tertiary/aromatic N) is 4. The van der Waals surface area contributed by atoms with Gasteiger partial charge in [0, 0.05) is 17.7 Å². The molecule has 2 N–H and O–H groups in total. The highest BCUT2D eigenvalue weighted by Crippen LogP contribution is 2.28. The highest BCUT2D eigenvalue weighted by molar-refractivity contribution is 7.99. The lowest BCUT2D eigenvalue weighted by Gasteiger charge is -2.08. The predicted molar refractivity (Wildman–Crippen MR) is 134 cm³/mol. The second-order valence-electron chi connectivity index (χ2n) is 7.51. The lowest BCUT2D eigenvalue weighted by Crippen LogP contribution is -2.42. The van der Waals surface area contributed by atoms with Crippen LogP contribution in [0.25, 0.3) is 22.0 Å². The Kier molecular flexibility index (Phi) is 7.39. The molecule has 2 aromatic carbocycles. The summed E-state index contributed by atoms with van der Waals surface area (Å²) in [5, 5.41) is 9.97. The molecule has 0 saturated heterocycles. The zero-order valence-corrected chi connectivity index (χ0v) is 20.7. The number of hydrogen-bond donors (Lipinski definition) is 2. The third-order valence-electron chi connectivity index (χ3n) is 4.98. The molecule has 34 heavy (non-hydrogen) atoms. The lowest BCUT2D eigenvalue weighted by molar-refractivity contribution is -0.119. The number of amides is 2. The summed E-state index contributed by atoms with van der Waals surface area (Å²) in [5.41, 5.74) is 8.63. The van der Waals surface area contributed by atoms with E-state index in [0.29, 0.717) is 22.3 Å². The zero-order valence-electron chi connectivity index (χ0n) is 19.0. The van der Waals surface area contributed by atoms with Gasteiger partial charge in [-0.3, -0.25) is 20.4 Å². The molecule has 2 amide bonds. The third-order valence-corrected chi connectivity index (χ3v) is 7.15. The highest BCUT2D eigenvalue weighted by Gasteiger charge is 2.18. The van der Waals surface area contributed by atoms with Gasteiger partial charge in [-0.2, -0.15) is 0 Å². The first-order valence-corrected chi connectivity index (χ1v) is 12.5. The van der Waals surface area contributed by atoms with Crippen molar-refractivity contribution in [2.24, 2.45) is 0 Å². The number of thiazole rings is 1. The quantitative estimate of drug-likeness (QED) is 0.295. The van der Waals surface area contributed by atoms with Crippen molar-refractivity contribution in [3.05, 3.63) is 70.7 Å². The number of benzene rings is 2. The van der Waals surface area contributed by atoms with Crippen molar-refractivity contribution in [1.29, 1.82) is 0 Å². The number of nitrogens with one attached hydrogen (secondary N) is 2. The van der Waals surface area contributed by atoms with Crippen LogP contribution in [-0.2, 0) is 11.3 Å². The van der Waals surface area contributed by atoms with E-state index in [0.717, 1.165) is 27.5 Å². The van der Waals surface area contributed by atoms with E-state index in [4.69, 9.17) is 0 Å². The Morgan fingerprint density at radius 2 is 1.76 bits per heavy atom. The van der Waals surface area contributed by atoms with E-state index >= 15 is 0 Å². The molecule has 0 fully saturated rings. The van der Waals surface area contributed by atoms with Crippen LogP contribution in [0.3, 0.4) is 0 Å². The molecule has 2 aromatic heterocycles. The van der Waals surface area contributed by atoms with E-state index in [1.54, 1.807) is 6.92 Å². The van der Waals surface area contributed by atoms with Gasteiger partial charge >= 0.3 is 0 Å². The first kappa shape index (κ1) is 23.7. The van der Waals surface area contributed by atoms with Crippen molar-refractivity contribution in [3.63, 3.8) is 0 Å². The standard InChI is InChI=1S/C24H24N6O2S2/c1-4-30-21(18-12-8-9-15(2)13-18)27-29-24(30)33-14-19(31)26-28-22(32)20-16(3)25-23(34-20)17-10-6-5-7-11-17/h5-13H,4,14H2,1-3H3,(H,26,31)(H,28,32). The largest absolute Gasteiger partial charge is 0.302 e. The Balaban J connectivity index is 1.35. The normalized spacial score (nSPS) is 10.8. The summed E-state index contributed by atoms with van der Waals surface area (Å²) >= 11 is 2.56. The summed E-state index contributed by atoms with van der Waals surface area (Å²) in [4.78, 5) is 29.9. The SMILES string of the molecule is CCn1c(SCC(=O)NNC(=O)c2sc(-c3ccccc3)nc2C)nnc1-c1cccc(C)c1. The van der Waals surface area contributed by atoms with Gasteiger partial charge in [-0.05, 0) is 26.8 Å². The van der Waals surface area contributed by atoms with Crippen LogP contribution in [0, 0.1) is 13.8 Å². The van der Waals surface area contributed by atoms with Gasteiger partial charge in [-0.1, -0.05) is 65.9 Å². The van der Waals surface area contributed by atoms with E-state index in [9.17, 15) is 9.59 Å². The molecular formula is C24H24N6O2S2. The van der Waals surface area contributed by atoms with Gasteiger partial charge in [-0.25, -0.2) is 4.98 Å². The van der Waals surface area contributed by atoms with Crippen LogP contribution < -0.4 is 10.9 Å². The molecule has 0 aliphatic heterocycles. The van der Waals surface area contributed by atoms with Gasteiger partial charge in [-0.15, -0.1) is 21.5 Å². The van der Waals surface area contributed by atoms with E-state index in [-0.39, 0.29) is 11.7 Å². The molecular weight excluding hydrogens is 468 g/mol. The molecule has 0 spiro atoms. The maximum absolute atomic E-state index is 12.6. The van der Waals surface area contributed by atoms with Crippen LogP contribution in [0.2, 0.25) is 0 Å². The summed E-state index contributed by atoms with van der Waals surface area (Å²) in [7, 11) is 0. The molecule has 0 radical (unpaired) electrons. The van der Waals surface area contributed by atoms with E-state index in [1.807, 2.05) is 66.9 Å². The van der Waals surface area contributed by atoms with Crippen LogP contribution in [0.15, 0.2) is 59.8 Å². The molecule has 0 atom stereocenters. The van der Waals surface area contributed by atoms with Crippen molar-refractivity contribution >= 4 is 34.9 Å². The number of carbonyl (C=O) groups excluding carboxylic acids is 2. The molecule has 4 rings (SSSR count). The van der Waals surface area contributed by atoms with Gasteiger partial charge < -0.3 is 4.57 Å². The fourth-order valence-corrected chi connectivity index (χ4v) is 5.11. The number of rotatable bonds is 7. The summed E-state index contributed by atoms with van der Waals surface area (Å²) in [5.74, 6) is 0.112. The van der Waals surface area contributed by atoms with Gasteiger partial charge in [0.25, 0.3) is 5.91 Å². The number of aromatic nitrogens is 4. The zero-order chi connectivity index (χ0) is 24.1. The Morgan fingerprint density at radius 3 is 2.50 bits per heavy atom. The molecule has 2 heterocycles. The second-order valence-corrected chi connectivity index (χ2v) is 9.45. The molecule has 174 valence electrons. The molecule has 0 aliphatic rings. The minimum Gasteiger partial charge on any atom is -0.302 e. The van der Waals surface area contributed by atoms with Crippen molar-refractivity contribution < 1.29 is 9.59 Å². The summed E-state index contributed by atoms with van der Waals surface area (Å²) in [6.07, 6.45) is 0. The number of hydrogen-bond acceptors (Lipinski definition) is 7. The molecule has 0 aliphatic carbocycles. The average Bonchev–Trinajstić information content (AvgIpc) is 3.45. The maximum Gasteiger partial charge on any atom is 0.281 e. The van der Waals surface area contributed by atoms with E-state index in [2.05, 4.69) is 32.1 Å². The predicted octanol–water partition coefficient (Wildman–Crippen LogP) is 4.26. The summed E-state index contributed by atoms with van der Waals surface area (Å²) in [6, 6.07) is 17.7.